The topological polar surface area (TPSA) is 35.8 Å². The molecule has 0 saturated heterocycles. The van der Waals surface area contributed by atoms with Crippen LogP contribution in [-0.4, -0.2) is 6.54 Å². The van der Waals surface area contributed by atoms with E-state index in [2.05, 4.69) is 32.2 Å². The zero-order valence-corrected chi connectivity index (χ0v) is 10.4. The molecule has 0 atom stereocenters. The first-order valence-corrected chi connectivity index (χ1v) is 6.13. The fourth-order valence-electron chi connectivity index (χ4n) is 1.18. The third-order valence-corrected chi connectivity index (χ3v) is 3.58. The highest BCUT2D eigenvalue weighted by molar-refractivity contribution is 7.10. The SMILES string of the molecule is CCC(C)(C)CNCc1cc(C#N)cs1. The molecule has 0 amide bonds. The Morgan fingerprint density at radius 3 is 2.80 bits per heavy atom. The molecule has 0 aromatic carbocycles. The lowest BCUT2D eigenvalue weighted by Gasteiger charge is -2.22. The van der Waals surface area contributed by atoms with Crippen LogP contribution in [0.25, 0.3) is 0 Å². The standard InChI is InChI=1S/C12H18N2S/c1-4-12(2,3)9-14-7-11-5-10(6-13)8-15-11/h5,8,14H,4,7,9H2,1-3H3. The minimum absolute atomic E-state index is 0.356. The van der Waals surface area contributed by atoms with Gasteiger partial charge in [0.2, 0.25) is 0 Å². The van der Waals surface area contributed by atoms with Crippen LogP contribution in [0.3, 0.4) is 0 Å². The fraction of sp³-hybridized carbons (Fsp3) is 0.583. The minimum Gasteiger partial charge on any atom is -0.311 e. The maximum Gasteiger partial charge on any atom is 0.100 e. The Bertz CT molecular complexity index is 347. The van der Waals surface area contributed by atoms with Crippen molar-refractivity contribution in [3.63, 3.8) is 0 Å². The van der Waals surface area contributed by atoms with E-state index in [-0.39, 0.29) is 0 Å². The summed E-state index contributed by atoms with van der Waals surface area (Å²) in [5, 5.41) is 14.0. The molecule has 1 aromatic heterocycles. The first-order chi connectivity index (χ1) is 7.07. The lowest BCUT2D eigenvalue weighted by atomic mass is 9.90. The molecule has 0 aliphatic heterocycles. The number of nitriles is 1. The van der Waals surface area contributed by atoms with E-state index in [1.807, 2.05) is 11.4 Å². The van der Waals surface area contributed by atoms with Crippen molar-refractivity contribution in [2.45, 2.75) is 33.7 Å². The van der Waals surface area contributed by atoms with Gasteiger partial charge < -0.3 is 5.32 Å². The Morgan fingerprint density at radius 2 is 2.27 bits per heavy atom. The molecule has 3 heteroatoms. The summed E-state index contributed by atoms with van der Waals surface area (Å²) in [7, 11) is 0. The molecular formula is C12H18N2S. The number of thiophene rings is 1. The van der Waals surface area contributed by atoms with E-state index < -0.39 is 0 Å². The van der Waals surface area contributed by atoms with Crippen molar-refractivity contribution < 1.29 is 0 Å². The van der Waals surface area contributed by atoms with Crippen molar-refractivity contribution in [1.29, 1.82) is 5.26 Å². The van der Waals surface area contributed by atoms with Gasteiger partial charge in [-0.2, -0.15) is 5.26 Å². The molecule has 0 radical (unpaired) electrons. The van der Waals surface area contributed by atoms with Crippen LogP contribution in [0.4, 0.5) is 0 Å². The van der Waals surface area contributed by atoms with E-state index in [0.29, 0.717) is 5.41 Å². The van der Waals surface area contributed by atoms with Gasteiger partial charge in [-0.1, -0.05) is 20.8 Å². The van der Waals surface area contributed by atoms with Crippen molar-refractivity contribution in [3.05, 3.63) is 21.9 Å². The Hall–Kier alpha value is -0.850. The second-order valence-electron chi connectivity index (χ2n) is 4.53. The third-order valence-electron chi connectivity index (χ3n) is 2.64. The van der Waals surface area contributed by atoms with Crippen molar-refractivity contribution >= 4 is 11.3 Å². The van der Waals surface area contributed by atoms with Crippen LogP contribution in [0, 0.1) is 16.7 Å². The lowest BCUT2D eigenvalue weighted by Crippen LogP contribution is -2.28. The number of hydrogen-bond donors (Lipinski definition) is 1. The second-order valence-corrected chi connectivity index (χ2v) is 5.53. The Kier molecular flexibility index (Phi) is 4.31. The quantitative estimate of drug-likeness (QED) is 0.830. The summed E-state index contributed by atoms with van der Waals surface area (Å²) in [4.78, 5) is 1.23. The summed E-state index contributed by atoms with van der Waals surface area (Å²) in [6.07, 6.45) is 1.17. The molecule has 1 heterocycles. The Morgan fingerprint density at radius 1 is 1.53 bits per heavy atom. The smallest absolute Gasteiger partial charge is 0.100 e. The van der Waals surface area contributed by atoms with Crippen molar-refractivity contribution in [2.24, 2.45) is 5.41 Å². The summed E-state index contributed by atoms with van der Waals surface area (Å²) in [6, 6.07) is 4.10. The van der Waals surface area contributed by atoms with Gasteiger partial charge in [0.1, 0.15) is 6.07 Å². The summed E-state index contributed by atoms with van der Waals surface area (Å²) in [6.45, 7) is 8.62. The van der Waals surface area contributed by atoms with Crippen LogP contribution < -0.4 is 5.32 Å². The maximum absolute atomic E-state index is 8.68. The monoisotopic (exact) mass is 222 g/mol. The highest BCUT2D eigenvalue weighted by atomic mass is 32.1. The number of nitrogens with zero attached hydrogens (tertiary/aromatic N) is 1. The molecule has 1 N–H and O–H groups in total. The average molecular weight is 222 g/mol. The van der Waals surface area contributed by atoms with E-state index in [9.17, 15) is 0 Å². The lowest BCUT2D eigenvalue weighted by molar-refractivity contribution is 0.328. The zero-order chi connectivity index (χ0) is 11.3. The van der Waals surface area contributed by atoms with E-state index >= 15 is 0 Å². The van der Waals surface area contributed by atoms with Crippen LogP contribution in [0.1, 0.15) is 37.6 Å². The molecule has 0 bridgehead atoms. The van der Waals surface area contributed by atoms with Gasteiger partial charge in [-0.3, -0.25) is 0 Å². The predicted molar refractivity (Wildman–Crippen MR) is 64.8 cm³/mol. The second kappa shape index (κ2) is 5.29. The molecule has 0 fully saturated rings. The van der Waals surface area contributed by atoms with Gasteiger partial charge in [-0.25, -0.2) is 0 Å². The molecule has 1 aromatic rings. The van der Waals surface area contributed by atoms with Gasteiger partial charge in [0.25, 0.3) is 0 Å². The van der Waals surface area contributed by atoms with Gasteiger partial charge in [0, 0.05) is 23.3 Å². The van der Waals surface area contributed by atoms with E-state index in [4.69, 9.17) is 5.26 Å². The minimum atomic E-state index is 0.356. The Labute approximate surface area is 95.9 Å². The van der Waals surface area contributed by atoms with E-state index in [1.165, 1.54) is 11.3 Å². The van der Waals surface area contributed by atoms with Crippen molar-refractivity contribution in [3.8, 4) is 6.07 Å². The maximum atomic E-state index is 8.68. The predicted octanol–water partition coefficient (Wildman–Crippen LogP) is 3.15. The normalized spacial score (nSPS) is 11.3. The Balaban J connectivity index is 2.35. The first kappa shape index (κ1) is 12.2. The molecule has 2 nitrogen and oxygen atoms in total. The summed E-state index contributed by atoms with van der Waals surface area (Å²) < 4.78 is 0. The van der Waals surface area contributed by atoms with Crippen LogP contribution >= 0.6 is 11.3 Å². The van der Waals surface area contributed by atoms with Crippen molar-refractivity contribution in [1.82, 2.24) is 5.32 Å². The number of nitrogens with one attached hydrogen (secondary N) is 1. The van der Waals surface area contributed by atoms with Crippen LogP contribution in [-0.2, 0) is 6.54 Å². The number of hydrogen-bond acceptors (Lipinski definition) is 3. The molecule has 82 valence electrons. The first-order valence-electron chi connectivity index (χ1n) is 5.25. The van der Waals surface area contributed by atoms with E-state index in [0.717, 1.165) is 18.7 Å². The van der Waals surface area contributed by atoms with Crippen LogP contribution in [0.2, 0.25) is 0 Å². The number of rotatable bonds is 5. The van der Waals surface area contributed by atoms with Gasteiger partial charge in [0.15, 0.2) is 0 Å². The van der Waals surface area contributed by atoms with E-state index in [1.54, 1.807) is 11.3 Å². The molecule has 0 unspecified atom stereocenters. The molecule has 0 aliphatic carbocycles. The third kappa shape index (κ3) is 4.03. The van der Waals surface area contributed by atoms with Crippen LogP contribution in [0.5, 0.6) is 0 Å². The summed E-state index contributed by atoms with van der Waals surface area (Å²) >= 11 is 1.65. The van der Waals surface area contributed by atoms with Gasteiger partial charge in [0.05, 0.1) is 5.56 Å². The van der Waals surface area contributed by atoms with Gasteiger partial charge in [-0.05, 0) is 17.9 Å². The molecule has 0 aliphatic rings. The molecule has 0 spiro atoms. The highest BCUT2D eigenvalue weighted by Gasteiger charge is 2.13. The summed E-state index contributed by atoms with van der Waals surface area (Å²) in [5.74, 6) is 0. The largest absolute Gasteiger partial charge is 0.311 e. The molecular weight excluding hydrogens is 204 g/mol. The zero-order valence-electron chi connectivity index (χ0n) is 9.63. The summed E-state index contributed by atoms with van der Waals surface area (Å²) in [5.41, 5.74) is 1.13. The average Bonchev–Trinajstić information content (AvgIpc) is 2.66. The molecule has 15 heavy (non-hydrogen) atoms. The van der Waals surface area contributed by atoms with Crippen LogP contribution in [0.15, 0.2) is 11.4 Å². The fourth-order valence-corrected chi connectivity index (χ4v) is 1.96. The molecule has 0 saturated carbocycles. The molecule has 1 rings (SSSR count). The van der Waals surface area contributed by atoms with Gasteiger partial charge in [-0.15, -0.1) is 11.3 Å². The highest BCUT2D eigenvalue weighted by Crippen LogP contribution is 2.19. The van der Waals surface area contributed by atoms with Crippen molar-refractivity contribution in [2.75, 3.05) is 6.54 Å². The van der Waals surface area contributed by atoms with Gasteiger partial charge >= 0.3 is 0 Å².